The highest BCUT2D eigenvalue weighted by atomic mass is 16.2. The highest BCUT2D eigenvalue weighted by Crippen LogP contribution is 2.11. The molecule has 0 aromatic rings. The third-order valence-electron chi connectivity index (χ3n) is 2.79. The zero-order chi connectivity index (χ0) is 13.3. The molecule has 0 aliphatic carbocycles. The van der Waals surface area contributed by atoms with Crippen LogP contribution in [-0.4, -0.2) is 12.1 Å². The van der Waals surface area contributed by atoms with Crippen LogP contribution in [0.4, 0.5) is 0 Å². The van der Waals surface area contributed by atoms with Gasteiger partial charge in [0, 0.05) is 5.92 Å². The first kappa shape index (κ1) is 15.8. The molecular weight excluding hydrogens is 212 g/mol. The molecule has 0 saturated carbocycles. The summed E-state index contributed by atoms with van der Waals surface area (Å²) in [7, 11) is 0. The highest BCUT2D eigenvalue weighted by molar-refractivity contribution is 6.25. The van der Waals surface area contributed by atoms with Crippen molar-refractivity contribution in [1.82, 2.24) is 0 Å². The van der Waals surface area contributed by atoms with Crippen LogP contribution in [0.15, 0.2) is 23.3 Å². The topological polar surface area (TPSA) is 34.1 Å². The van der Waals surface area contributed by atoms with Gasteiger partial charge in [0.2, 0.25) is 0 Å². The molecule has 0 saturated heterocycles. The van der Waals surface area contributed by atoms with Crippen molar-refractivity contribution in [2.75, 3.05) is 0 Å². The van der Waals surface area contributed by atoms with Crippen LogP contribution in [0.3, 0.4) is 0 Å². The molecule has 0 aromatic carbocycles. The summed E-state index contributed by atoms with van der Waals surface area (Å²) in [4.78, 5) is 21.3. The summed E-state index contributed by atoms with van der Waals surface area (Å²) in [5.41, 5.74) is 2.70. The van der Waals surface area contributed by atoms with E-state index in [9.17, 15) is 9.59 Å². The largest absolute Gasteiger partial charge is 0.295 e. The van der Waals surface area contributed by atoms with Crippen LogP contribution in [0.25, 0.3) is 0 Å². The number of carbonyl (C=O) groups excluding carboxylic acids is 2. The molecule has 0 amide bonds. The lowest BCUT2D eigenvalue weighted by atomic mass is 10.00. The molecule has 0 bridgehead atoms. The zero-order valence-electron chi connectivity index (χ0n) is 11.5. The van der Waals surface area contributed by atoms with Crippen LogP contribution in [0.5, 0.6) is 0 Å². The Morgan fingerprint density at radius 2 is 1.76 bits per heavy atom. The van der Waals surface area contributed by atoms with Crippen LogP contribution in [0.1, 0.15) is 53.4 Å². The zero-order valence-corrected chi connectivity index (χ0v) is 11.5. The number of Topliss-reactive ketones (excluding diaryl/α,β-unsaturated/α-hetero) is 1. The minimum absolute atomic E-state index is 0.144. The molecule has 2 nitrogen and oxygen atoms in total. The Morgan fingerprint density at radius 1 is 1.12 bits per heavy atom. The van der Waals surface area contributed by atoms with Gasteiger partial charge < -0.3 is 0 Å². The van der Waals surface area contributed by atoms with E-state index in [1.165, 1.54) is 11.1 Å². The first-order chi connectivity index (χ1) is 7.97. The molecule has 0 N–H and O–H groups in total. The molecule has 0 rings (SSSR count). The van der Waals surface area contributed by atoms with E-state index in [-0.39, 0.29) is 11.7 Å². The minimum Gasteiger partial charge on any atom is -0.295 e. The number of carbonyl (C=O) groups is 2. The monoisotopic (exact) mass is 236 g/mol. The third-order valence-corrected chi connectivity index (χ3v) is 2.79. The first-order valence-corrected chi connectivity index (χ1v) is 6.25. The molecule has 1 unspecified atom stereocenters. The van der Waals surface area contributed by atoms with E-state index in [4.69, 9.17) is 0 Å². The second-order valence-electron chi connectivity index (χ2n) is 4.87. The lowest BCUT2D eigenvalue weighted by Gasteiger charge is -2.04. The van der Waals surface area contributed by atoms with Crippen LogP contribution in [0.2, 0.25) is 0 Å². The van der Waals surface area contributed by atoms with Crippen LogP contribution < -0.4 is 0 Å². The van der Waals surface area contributed by atoms with E-state index >= 15 is 0 Å². The lowest BCUT2D eigenvalue weighted by Crippen LogP contribution is -2.11. The summed E-state index contributed by atoms with van der Waals surface area (Å²) in [6, 6.07) is 0. The van der Waals surface area contributed by atoms with E-state index in [1.54, 1.807) is 0 Å². The number of hydrogen-bond donors (Lipinski definition) is 0. The van der Waals surface area contributed by atoms with Gasteiger partial charge in [-0.1, -0.05) is 30.2 Å². The van der Waals surface area contributed by atoms with Crippen molar-refractivity contribution in [3.05, 3.63) is 23.3 Å². The molecule has 0 aliphatic heterocycles. The number of aldehydes is 1. The summed E-state index contributed by atoms with van der Waals surface area (Å²) in [6.07, 6.45) is 8.62. The molecule has 0 heterocycles. The van der Waals surface area contributed by atoms with Crippen molar-refractivity contribution in [3.8, 4) is 0 Å². The van der Waals surface area contributed by atoms with Crippen molar-refractivity contribution in [3.63, 3.8) is 0 Å². The molecule has 0 radical (unpaired) electrons. The summed E-state index contributed by atoms with van der Waals surface area (Å²) < 4.78 is 0. The van der Waals surface area contributed by atoms with E-state index in [2.05, 4.69) is 32.9 Å². The van der Waals surface area contributed by atoms with Gasteiger partial charge in [-0.15, -0.1) is 0 Å². The fourth-order valence-corrected chi connectivity index (χ4v) is 1.53. The molecule has 0 spiro atoms. The van der Waals surface area contributed by atoms with Gasteiger partial charge in [0.25, 0.3) is 0 Å². The maximum atomic E-state index is 11.0. The summed E-state index contributed by atoms with van der Waals surface area (Å²) in [5.74, 6) is -0.435. The van der Waals surface area contributed by atoms with Crippen molar-refractivity contribution >= 4 is 12.1 Å². The van der Waals surface area contributed by atoms with Gasteiger partial charge in [-0.3, -0.25) is 9.59 Å². The van der Waals surface area contributed by atoms with Gasteiger partial charge in [-0.25, -0.2) is 0 Å². The Labute approximate surface area is 105 Å². The fourth-order valence-electron chi connectivity index (χ4n) is 1.53. The molecule has 0 aliphatic rings. The fraction of sp³-hybridized carbons (Fsp3) is 0.600. The molecular formula is C15H24O2. The SMILES string of the molecule is CC(C)=CCC/C(C)=C/CCC(C)C(=O)C=O. The number of hydrogen-bond acceptors (Lipinski definition) is 2. The van der Waals surface area contributed by atoms with Gasteiger partial charge in [0.05, 0.1) is 0 Å². The number of rotatable bonds is 8. The minimum atomic E-state index is -0.291. The quantitative estimate of drug-likeness (QED) is 0.364. The lowest BCUT2D eigenvalue weighted by molar-refractivity contribution is -0.132. The van der Waals surface area contributed by atoms with Crippen molar-refractivity contribution in [2.24, 2.45) is 5.92 Å². The Hall–Kier alpha value is -1.18. The van der Waals surface area contributed by atoms with Gasteiger partial charge in [-0.2, -0.15) is 0 Å². The van der Waals surface area contributed by atoms with Crippen molar-refractivity contribution in [2.45, 2.75) is 53.4 Å². The maximum absolute atomic E-state index is 11.0. The Balaban J connectivity index is 3.88. The van der Waals surface area contributed by atoms with E-state index in [0.717, 1.165) is 25.7 Å². The molecule has 96 valence electrons. The van der Waals surface area contributed by atoms with E-state index in [1.807, 2.05) is 6.92 Å². The van der Waals surface area contributed by atoms with Gasteiger partial charge in [-0.05, 0) is 46.5 Å². The van der Waals surface area contributed by atoms with Crippen LogP contribution >= 0.6 is 0 Å². The summed E-state index contributed by atoms with van der Waals surface area (Å²) in [5, 5.41) is 0. The van der Waals surface area contributed by atoms with Crippen molar-refractivity contribution in [1.29, 1.82) is 0 Å². The maximum Gasteiger partial charge on any atom is 0.197 e. The Morgan fingerprint density at radius 3 is 2.29 bits per heavy atom. The normalized spacial score (nSPS) is 13.1. The average Bonchev–Trinajstić information content (AvgIpc) is 2.27. The number of allylic oxidation sites excluding steroid dienone is 4. The second-order valence-corrected chi connectivity index (χ2v) is 4.87. The first-order valence-electron chi connectivity index (χ1n) is 6.25. The summed E-state index contributed by atoms with van der Waals surface area (Å²) >= 11 is 0. The Bertz CT molecular complexity index is 307. The average molecular weight is 236 g/mol. The predicted octanol–water partition coefficient (Wildman–Crippen LogP) is 3.86. The highest BCUT2D eigenvalue weighted by Gasteiger charge is 2.09. The van der Waals surface area contributed by atoms with Gasteiger partial charge >= 0.3 is 0 Å². The van der Waals surface area contributed by atoms with Crippen LogP contribution in [-0.2, 0) is 9.59 Å². The molecule has 1 atom stereocenters. The molecule has 2 heteroatoms. The Kier molecular flexibility index (Phi) is 8.29. The predicted molar refractivity (Wildman–Crippen MR) is 71.9 cm³/mol. The number of ketones is 1. The van der Waals surface area contributed by atoms with Crippen molar-refractivity contribution < 1.29 is 9.59 Å². The smallest absolute Gasteiger partial charge is 0.197 e. The summed E-state index contributed by atoms with van der Waals surface area (Å²) in [6.45, 7) is 8.13. The molecule has 0 fully saturated rings. The van der Waals surface area contributed by atoms with Gasteiger partial charge in [0.1, 0.15) is 0 Å². The standard InChI is InChI=1S/C15H24O2/c1-12(2)7-5-8-13(3)9-6-10-14(4)15(17)11-16/h7,9,11,14H,5-6,8,10H2,1-4H3/b13-9+. The van der Waals surface area contributed by atoms with Gasteiger partial charge in [0.15, 0.2) is 12.1 Å². The second kappa shape index (κ2) is 8.91. The molecule has 0 aromatic heterocycles. The molecule has 17 heavy (non-hydrogen) atoms. The van der Waals surface area contributed by atoms with E-state index in [0.29, 0.717) is 6.29 Å². The van der Waals surface area contributed by atoms with E-state index < -0.39 is 0 Å². The third kappa shape index (κ3) is 8.61. The van der Waals surface area contributed by atoms with Crippen LogP contribution in [0, 0.1) is 5.92 Å².